The third kappa shape index (κ3) is 4.22. The summed E-state index contributed by atoms with van der Waals surface area (Å²) in [5.41, 5.74) is 0.556. The Hall–Kier alpha value is -1.15. The van der Waals surface area contributed by atoms with E-state index in [0.29, 0.717) is 30.7 Å². The standard InChI is InChI=1S/C20H29N3O3S.ClH/c1-22(18-13-16-7-8-17(14-18)21-16)20(24)15-5-9-19(10-6-15)27(25,26)23-11-3-2-4-12-23;/h5-6,9-10,16-18,21H,2-4,7-8,11-14H2,1H3;1H. The van der Waals surface area contributed by atoms with Crippen molar-refractivity contribution in [3.8, 4) is 0 Å². The Labute approximate surface area is 174 Å². The van der Waals surface area contributed by atoms with E-state index in [4.69, 9.17) is 0 Å². The van der Waals surface area contributed by atoms with Crippen LogP contribution in [0.15, 0.2) is 29.2 Å². The molecule has 2 bridgehead atoms. The van der Waals surface area contributed by atoms with Crippen molar-refractivity contribution in [2.45, 2.75) is 68.0 Å². The highest BCUT2D eigenvalue weighted by atomic mass is 35.5. The number of amides is 1. The van der Waals surface area contributed by atoms with Crippen LogP contribution >= 0.6 is 12.4 Å². The van der Waals surface area contributed by atoms with Crippen molar-refractivity contribution < 1.29 is 13.2 Å². The molecule has 3 heterocycles. The minimum atomic E-state index is -3.45. The molecule has 0 radical (unpaired) electrons. The normalized spacial score (nSPS) is 27.8. The lowest BCUT2D eigenvalue weighted by Crippen LogP contribution is -2.48. The predicted octanol–water partition coefficient (Wildman–Crippen LogP) is 2.64. The third-order valence-corrected chi connectivity index (χ3v) is 8.28. The minimum absolute atomic E-state index is 0. The van der Waals surface area contributed by atoms with Crippen molar-refractivity contribution in [2.24, 2.45) is 0 Å². The Morgan fingerprint density at radius 2 is 1.61 bits per heavy atom. The fourth-order valence-electron chi connectivity index (χ4n) is 4.74. The van der Waals surface area contributed by atoms with Crippen LogP contribution in [-0.2, 0) is 10.0 Å². The quantitative estimate of drug-likeness (QED) is 0.801. The van der Waals surface area contributed by atoms with Gasteiger partial charge in [-0.25, -0.2) is 8.42 Å². The fourth-order valence-corrected chi connectivity index (χ4v) is 6.25. The SMILES string of the molecule is CN(C(=O)c1ccc(S(=O)(=O)N2CCCCC2)cc1)C1CC2CCC(C1)N2.Cl. The zero-order valence-electron chi connectivity index (χ0n) is 16.3. The van der Waals surface area contributed by atoms with Gasteiger partial charge in [-0.3, -0.25) is 4.79 Å². The van der Waals surface area contributed by atoms with Gasteiger partial charge in [0.1, 0.15) is 0 Å². The molecular formula is C20H30ClN3O3S. The Kier molecular flexibility index (Phi) is 6.69. The zero-order chi connectivity index (χ0) is 19.0. The van der Waals surface area contributed by atoms with Crippen molar-refractivity contribution >= 4 is 28.3 Å². The molecule has 1 amide bonds. The molecule has 1 aromatic carbocycles. The summed E-state index contributed by atoms with van der Waals surface area (Å²) in [6, 6.07) is 7.79. The number of piperidine rings is 2. The van der Waals surface area contributed by atoms with E-state index in [-0.39, 0.29) is 29.3 Å². The van der Waals surface area contributed by atoms with Gasteiger partial charge in [0.15, 0.2) is 0 Å². The van der Waals surface area contributed by atoms with E-state index in [1.165, 1.54) is 12.8 Å². The number of carbonyl (C=O) groups is 1. The summed E-state index contributed by atoms with van der Waals surface area (Å²) in [7, 11) is -1.58. The van der Waals surface area contributed by atoms with Crippen molar-refractivity contribution in [3.05, 3.63) is 29.8 Å². The van der Waals surface area contributed by atoms with Gasteiger partial charge in [-0.2, -0.15) is 4.31 Å². The van der Waals surface area contributed by atoms with Gasteiger partial charge in [-0.15, -0.1) is 12.4 Å². The number of rotatable bonds is 4. The lowest BCUT2D eigenvalue weighted by Gasteiger charge is -2.35. The first kappa shape index (κ1) is 21.6. The molecule has 3 aliphatic rings. The molecule has 3 aliphatic heterocycles. The van der Waals surface area contributed by atoms with Crippen molar-refractivity contribution in [3.63, 3.8) is 0 Å². The molecule has 0 aromatic heterocycles. The average Bonchev–Trinajstić information content (AvgIpc) is 3.05. The number of benzene rings is 1. The maximum atomic E-state index is 12.9. The molecule has 6 nitrogen and oxygen atoms in total. The number of carbonyl (C=O) groups excluding carboxylic acids is 1. The number of sulfonamides is 1. The van der Waals surface area contributed by atoms with E-state index in [0.717, 1.165) is 32.1 Å². The van der Waals surface area contributed by atoms with Gasteiger partial charge in [-0.1, -0.05) is 6.42 Å². The molecule has 4 rings (SSSR count). The Morgan fingerprint density at radius 3 is 2.18 bits per heavy atom. The highest BCUT2D eigenvalue weighted by molar-refractivity contribution is 7.89. The van der Waals surface area contributed by atoms with Crippen LogP contribution in [-0.4, -0.2) is 61.8 Å². The van der Waals surface area contributed by atoms with Crippen LogP contribution in [0, 0.1) is 0 Å². The van der Waals surface area contributed by atoms with Crippen LogP contribution in [0.25, 0.3) is 0 Å². The fraction of sp³-hybridized carbons (Fsp3) is 0.650. The Balaban J connectivity index is 0.00000225. The van der Waals surface area contributed by atoms with Gasteiger partial charge in [0.05, 0.1) is 4.90 Å². The molecule has 2 atom stereocenters. The van der Waals surface area contributed by atoms with Gasteiger partial charge in [0, 0.05) is 43.8 Å². The van der Waals surface area contributed by atoms with Crippen LogP contribution in [0.1, 0.15) is 55.3 Å². The van der Waals surface area contributed by atoms with Gasteiger partial charge >= 0.3 is 0 Å². The zero-order valence-corrected chi connectivity index (χ0v) is 18.0. The van der Waals surface area contributed by atoms with Crippen LogP contribution in [0.3, 0.4) is 0 Å². The van der Waals surface area contributed by atoms with Crippen LogP contribution < -0.4 is 5.32 Å². The first-order valence-corrected chi connectivity index (χ1v) is 11.5. The lowest BCUT2D eigenvalue weighted by atomic mass is 9.98. The molecule has 1 N–H and O–H groups in total. The van der Waals surface area contributed by atoms with Crippen molar-refractivity contribution in [2.75, 3.05) is 20.1 Å². The van der Waals surface area contributed by atoms with Crippen molar-refractivity contribution in [1.82, 2.24) is 14.5 Å². The summed E-state index contributed by atoms with van der Waals surface area (Å²) >= 11 is 0. The summed E-state index contributed by atoms with van der Waals surface area (Å²) in [5, 5.41) is 3.60. The van der Waals surface area contributed by atoms with E-state index >= 15 is 0 Å². The molecule has 0 aliphatic carbocycles. The van der Waals surface area contributed by atoms with Gasteiger partial charge in [-0.05, 0) is 62.8 Å². The number of hydrogen-bond donors (Lipinski definition) is 1. The molecule has 0 saturated carbocycles. The summed E-state index contributed by atoms with van der Waals surface area (Å²) in [4.78, 5) is 15.0. The number of nitrogens with one attached hydrogen (secondary N) is 1. The molecule has 8 heteroatoms. The van der Waals surface area contributed by atoms with Crippen molar-refractivity contribution in [1.29, 1.82) is 0 Å². The van der Waals surface area contributed by atoms with Gasteiger partial charge in [0.25, 0.3) is 5.91 Å². The number of hydrogen-bond acceptors (Lipinski definition) is 4. The molecule has 3 saturated heterocycles. The summed E-state index contributed by atoms with van der Waals surface area (Å²) < 4.78 is 27.1. The van der Waals surface area contributed by atoms with Gasteiger partial charge < -0.3 is 10.2 Å². The molecule has 1 aromatic rings. The van der Waals surface area contributed by atoms with Crippen LogP contribution in [0.2, 0.25) is 0 Å². The molecular weight excluding hydrogens is 398 g/mol. The highest BCUT2D eigenvalue weighted by Gasteiger charge is 2.36. The second kappa shape index (κ2) is 8.69. The molecule has 28 heavy (non-hydrogen) atoms. The van der Waals surface area contributed by atoms with E-state index in [1.54, 1.807) is 28.6 Å². The molecule has 3 fully saturated rings. The molecule has 156 valence electrons. The lowest BCUT2D eigenvalue weighted by molar-refractivity contribution is 0.0681. The smallest absolute Gasteiger partial charge is 0.253 e. The van der Waals surface area contributed by atoms with Gasteiger partial charge in [0.2, 0.25) is 10.0 Å². The maximum absolute atomic E-state index is 12.9. The summed E-state index contributed by atoms with van der Waals surface area (Å²) in [6.07, 6.45) is 7.32. The van der Waals surface area contributed by atoms with E-state index < -0.39 is 10.0 Å². The minimum Gasteiger partial charge on any atom is -0.339 e. The maximum Gasteiger partial charge on any atom is 0.253 e. The Bertz CT molecular complexity index is 781. The average molecular weight is 428 g/mol. The third-order valence-electron chi connectivity index (χ3n) is 6.37. The summed E-state index contributed by atoms with van der Waals surface area (Å²) in [6.45, 7) is 1.17. The monoisotopic (exact) mass is 427 g/mol. The first-order chi connectivity index (χ1) is 12.9. The number of halogens is 1. The second-order valence-electron chi connectivity index (χ2n) is 8.17. The number of nitrogens with zero attached hydrogens (tertiary/aromatic N) is 2. The van der Waals surface area contributed by atoms with E-state index in [9.17, 15) is 13.2 Å². The second-order valence-corrected chi connectivity index (χ2v) is 10.1. The highest BCUT2D eigenvalue weighted by Crippen LogP contribution is 2.30. The predicted molar refractivity (Wildman–Crippen MR) is 111 cm³/mol. The first-order valence-electron chi connectivity index (χ1n) is 10.1. The molecule has 2 unspecified atom stereocenters. The number of fused-ring (bicyclic) bond motifs is 2. The van der Waals surface area contributed by atoms with E-state index in [1.807, 2.05) is 11.9 Å². The summed E-state index contributed by atoms with van der Waals surface area (Å²) in [5.74, 6) is -0.0248. The van der Waals surface area contributed by atoms with Crippen LogP contribution in [0.4, 0.5) is 0 Å². The largest absolute Gasteiger partial charge is 0.339 e. The Morgan fingerprint density at radius 1 is 1.04 bits per heavy atom. The topological polar surface area (TPSA) is 69.7 Å². The molecule has 0 spiro atoms. The van der Waals surface area contributed by atoms with E-state index in [2.05, 4.69) is 5.32 Å². The van der Waals surface area contributed by atoms with Crippen LogP contribution in [0.5, 0.6) is 0 Å².